The summed E-state index contributed by atoms with van der Waals surface area (Å²) in [5, 5.41) is 9.34. The molecule has 0 bridgehead atoms. The summed E-state index contributed by atoms with van der Waals surface area (Å²) in [6, 6.07) is 7.72. The number of thioether (sulfide) groups is 2. The van der Waals surface area contributed by atoms with Gasteiger partial charge in [-0.1, -0.05) is 51.2 Å². The molecule has 1 aliphatic rings. The second-order valence-corrected chi connectivity index (χ2v) is 8.23. The lowest BCUT2D eigenvalue weighted by Crippen LogP contribution is -2.14. The average molecular weight is 311 g/mol. The number of phenols is 1. The standard InChI is InChI=1S/C17H26OS2/c1-2-3-4-5-6-7-14-12-19-17(20-13-14)15-8-10-16(18)11-9-15/h8-11,14,17-18H,2-7,12-13H2,1H3. The molecule has 2 rings (SSSR count). The fourth-order valence-corrected chi connectivity index (χ4v) is 5.74. The number of unbranched alkanes of at least 4 members (excludes halogenated alkanes) is 4. The number of hydrogen-bond donors (Lipinski definition) is 1. The second-order valence-electron chi connectivity index (χ2n) is 5.66. The lowest BCUT2D eigenvalue weighted by molar-refractivity contribution is 0.475. The fraction of sp³-hybridized carbons (Fsp3) is 0.647. The summed E-state index contributed by atoms with van der Waals surface area (Å²) in [6.45, 7) is 2.28. The summed E-state index contributed by atoms with van der Waals surface area (Å²) in [6.07, 6.45) is 8.39. The molecule has 112 valence electrons. The molecule has 1 aromatic rings. The van der Waals surface area contributed by atoms with E-state index < -0.39 is 0 Å². The molecule has 0 aliphatic carbocycles. The van der Waals surface area contributed by atoms with E-state index in [9.17, 15) is 5.11 Å². The molecule has 1 nitrogen and oxygen atoms in total. The minimum atomic E-state index is 0.365. The molecule has 20 heavy (non-hydrogen) atoms. The second kappa shape index (κ2) is 8.89. The van der Waals surface area contributed by atoms with E-state index in [0.717, 1.165) is 5.92 Å². The maximum atomic E-state index is 9.34. The minimum absolute atomic E-state index is 0.365. The number of benzene rings is 1. The highest BCUT2D eigenvalue weighted by Crippen LogP contribution is 2.46. The van der Waals surface area contributed by atoms with Gasteiger partial charge in [0.15, 0.2) is 0 Å². The van der Waals surface area contributed by atoms with E-state index in [0.29, 0.717) is 10.3 Å². The summed E-state index contributed by atoms with van der Waals surface area (Å²) in [5.74, 6) is 3.86. The van der Waals surface area contributed by atoms with Crippen LogP contribution in [-0.4, -0.2) is 16.6 Å². The van der Waals surface area contributed by atoms with Gasteiger partial charge >= 0.3 is 0 Å². The molecule has 3 heteroatoms. The molecule has 1 heterocycles. The number of phenolic OH excluding ortho intramolecular Hbond substituents is 1. The van der Waals surface area contributed by atoms with Crippen molar-refractivity contribution in [2.45, 2.75) is 50.0 Å². The molecule has 0 radical (unpaired) electrons. The van der Waals surface area contributed by atoms with Crippen molar-refractivity contribution in [3.63, 3.8) is 0 Å². The topological polar surface area (TPSA) is 20.2 Å². The summed E-state index contributed by atoms with van der Waals surface area (Å²) in [5.41, 5.74) is 1.35. The van der Waals surface area contributed by atoms with E-state index in [-0.39, 0.29) is 0 Å². The van der Waals surface area contributed by atoms with E-state index in [1.165, 1.54) is 55.6 Å². The Morgan fingerprint density at radius 1 is 1.00 bits per heavy atom. The summed E-state index contributed by atoms with van der Waals surface area (Å²) < 4.78 is 0.562. The molecule has 1 aromatic carbocycles. The van der Waals surface area contributed by atoms with Crippen molar-refractivity contribution in [3.8, 4) is 5.75 Å². The molecule has 0 spiro atoms. The Bertz CT molecular complexity index is 369. The van der Waals surface area contributed by atoms with Crippen LogP contribution in [0.4, 0.5) is 0 Å². The van der Waals surface area contributed by atoms with Gasteiger partial charge in [-0.2, -0.15) is 0 Å². The molecular formula is C17H26OS2. The first-order chi connectivity index (χ1) is 9.79. The van der Waals surface area contributed by atoms with Crippen molar-refractivity contribution < 1.29 is 5.11 Å². The maximum absolute atomic E-state index is 9.34. The summed E-state index contributed by atoms with van der Waals surface area (Å²) in [7, 11) is 0. The first-order valence-electron chi connectivity index (χ1n) is 7.81. The molecule has 0 unspecified atom stereocenters. The van der Waals surface area contributed by atoms with Gasteiger partial charge in [0.05, 0.1) is 4.58 Å². The van der Waals surface area contributed by atoms with Crippen LogP contribution in [0.25, 0.3) is 0 Å². The van der Waals surface area contributed by atoms with Crippen LogP contribution in [0.2, 0.25) is 0 Å². The largest absolute Gasteiger partial charge is 0.508 e. The van der Waals surface area contributed by atoms with Crippen LogP contribution in [0.1, 0.15) is 55.6 Å². The molecule has 0 atom stereocenters. The van der Waals surface area contributed by atoms with Crippen molar-refractivity contribution in [2.24, 2.45) is 5.92 Å². The highest BCUT2D eigenvalue weighted by atomic mass is 32.2. The first-order valence-corrected chi connectivity index (χ1v) is 9.91. The van der Waals surface area contributed by atoms with Crippen LogP contribution in [0, 0.1) is 5.92 Å². The van der Waals surface area contributed by atoms with Gasteiger partial charge in [-0.15, -0.1) is 23.5 Å². The monoisotopic (exact) mass is 310 g/mol. The maximum Gasteiger partial charge on any atom is 0.115 e. The number of rotatable bonds is 7. The third-order valence-corrected chi connectivity index (χ3v) is 7.14. The number of aromatic hydroxyl groups is 1. The molecule has 1 aliphatic heterocycles. The van der Waals surface area contributed by atoms with E-state index in [1.54, 1.807) is 12.1 Å². The molecule has 0 saturated carbocycles. The fourth-order valence-electron chi connectivity index (χ4n) is 2.57. The van der Waals surface area contributed by atoms with Crippen LogP contribution < -0.4 is 0 Å². The third kappa shape index (κ3) is 5.25. The van der Waals surface area contributed by atoms with Gasteiger partial charge in [-0.25, -0.2) is 0 Å². The van der Waals surface area contributed by atoms with Crippen molar-refractivity contribution >= 4 is 23.5 Å². The predicted octanol–water partition coefficient (Wildman–Crippen LogP) is 5.85. The third-order valence-electron chi connectivity index (χ3n) is 3.85. The Morgan fingerprint density at radius 2 is 1.65 bits per heavy atom. The van der Waals surface area contributed by atoms with Crippen molar-refractivity contribution in [1.29, 1.82) is 0 Å². The van der Waals surface area contributed by atoms with Crippen molar-refractivity contribution in [3.05, 3.63) is 29.8 Å². The first kappa shape index (κ1) is 16.1. The van der Waals surface area contributed by atoms with Crippen molar-refractivity contribution in [2.75, 3.05) is 11.5 Å². The lowest BCUT2D eigenvalue weighted by Gasteiger charge is -2.28. The highest BCUT2D eigenvalue weighted by molar-refractivity contribution is 8.16. The van der Waals surface area contributed by atoms with Crippen LogP contribution >= 0.6 is 23.5 Å². The molecule has 1 fully saturated rings. The molecular weight excluding hydrogens is 284 g/mol. The Hall–Kier alpha value is -0.280. The van der Waals surface area contributed by atoms with E-state index in [2.05, 4.69) is 42.6 Å². The zero-order chi connectivity index (χ0) is 14.2. The summed E-state index contributed by atoms with van der Waals surface area (Å²) >= 11 is 4.16. The average Bonchev–Trinajstić information content (AvgIpc) is 2.49. The quantitative estimate of drug-likeness (QED) is 0.638. The zero-order valence-corrected chi connectivity index (χ0v) is 14.0. The van der Waals surface area contributed by atoms with Gasteiger partial charge < -0.3 is 5.11 Å². The van der Waals surface area contributed by atoms with Gasteiger partial charge in [0.2, 0.25) is 0 Å². The smallest absolute Gasteiger partial charge is 0.115 e. The Labute approximate surface area is 131 Å². The van der Waals surface area contributed by atoms with Gasteiger partial charge in [-0.05, 0) is 41.5 Å². The number of hydrogen-bond acceptors (Lipinski definition) is 3. The Morgan fingerprint density at radius 3 is 2.30 bits per heavy atom. The van der Waals surface area contributed by atoms with Gasteiger partial charge in [0.25, 0.3) is 0 Å². The van der Waals surface area contributed by atoms with Gasteiger partial charge in [-0.3, -0.25) is 0 Å². The lowest BCUT2D eigenvalue weighted by atomic mass is 10.0. The van der Waals surface area contributed by atoms with E-state index in [4.69, 9.17) is 0 Å². The predicted molar refractivity (Wildman–Crippen MR) is 92.6 cm³/mol. The highest BCUT2D eigenvalue weighted by Gasteiger charge is 2.22. The zero-order valence-electron chi connectivity index (χ0n) is 12.4. The van der Waals surface area contributed by atoms with Crippen LogP contribution in [0.3, 0.4) is 0 Å². The van der Waals surface area contributed by atoms with Crippen LogP contribution in [0.15, 0.2) is 24.3 Å². The molecule has 0 aromatic heterocycles. The van der Waals surface area contributed by atoms with Gasteiger partial charge in [0, 0.05) is 0 Å². The Kier molecular flexibility index (Phi) is 7.15. The normalized spacial score (nSPS) is 22.9. The van der Waals surface area contributed by atoms with E-state index >= 15 is 0 Å². The van der Waals surface area contributed by atoms with Crippen LogP contribution in [0.5, 0.6) is 5.75 Å². The van der Waals surface area contributed by atoms with Crippen molar-refractivity contribution in [1.82, 2.24) is 0 Å². The summed E-state index contributed by atoms with van der Waals surface area (Å²) in [4.78, 5) is 0. The minimum Gasteiger partial charge on any atom is -0.508 e. The van der Waals surface area contributed by atoms with Crippen LogP contribution in [-0.2, 0) is 0 Å². The molecule has 1 N–H and O–H groups in total. The Balaban J connectivity index is 1.66. The SMILES string of the molecule is CCCCCCCC1CSC(c2ccc(O)cc2)SC1. The molecule has 0 amide bonds. The molecule has 1 saturated heterocycles. The van der Waals surface area contributed by atoms with E-state index in [1.807, 2.05) is 0 Å². The van der Waals surface area contributed by atoms with Gasteiger partial charge in [0.1, 0.15) is 5.75 Å².